The second-order valence-electron chi connectivity index (χ2n) is 5.27. The fourth-order valence-corrected chi connectivity index (χ4v) is 2.78. The highest BCUT2D eigenvalue weighted by atomic mass is 16.5. The van der Waals surface area contributed by atoms with Crippen LogP contribution >= 0.6 is 0 Å². The fraction of sp³-hybridized carbons (Fsp3) is 0.294. The van der Waals surface area contributed by atoms with Gasteiger partial charge >= 0.3 is 0 Å². The Morgan fingerprint density at radius 3 is 2.60 bits per heavy atom. The van der Waals surface area contributed by atoms with Crippen LogP contribution in [0.15, 0.2) is 36.4 Å². The Labute approximate surface area is 117 Å². The second kappa shape index (κ2) is 5.08. The Kier molecular flexibility index (Phi) is 3.26. The highest BCUT2D eigenvalue weighted by molar-refractivity contribution is 6.04. The number of rotatable bonds is 3. The summed E-state index contributed by atoms with van der Waals surface area (Å²) in [5, 5.41) is 2.06. The van der Waals surface area contributed by atoms with E-state index in [1.807, 2.05) is 36.4 Å². The maximum absolute atomic E-state index is 12.4. The van der Waals surface area contributed by atoms with Crippen LogP contribution in [0.2, 0.25) is 0 Å². The molecule has 0 saturated heterocycles. The van der Waals surface area contributed by atoms with Crippen LogP contribution in [0.4, 0.5) is 0 Å². The SMILES string of the molecule is COc1ccc2cc(C(=O)C3CCC(=O)C3)ccc2c1. The molecule has 2 aromatic carbocycles. The maximum atomic E-state index is 12.4. The Bertz CT molecular complexity index is 688. The number of Topliss-reactive ketones (excluding diaryl/α,β-unsaturated/α-hetero) is 2. The van der Waals surface area contributed by atoms with Crippen LogP contribution in [0.1, 0.15) is 29.6 Å². The first-order valence-corrected chi connectivity index (χ1v) is 6.81. The van der Waals surface area contributed by atoms with Crippen molar-refractivity contribution in [2.24, 2.45) is 5.92 Å². The Morgan fingerprint density at radius 2 is 1.90 bits per heavy atom. The molecule has 1 aliphatic rings. The van der Waals surface area contributed by atoms with Gasteiger partial charge < -0.3 is 4.74 Å². The summed E-state index contributed by atoms with van der Waals surface area (Å²) in [5.41, 5.74) is 0.697. The number of carbonyl (C=O) groups excluding carboxylic acids is 2. The molecule has 1 aliphatic carbocycles. The minimum absolute atomic E-state index is 0.0913. The zero-order valence-corrected chi connectivity index (χ0v) is 11.4. The molecule has 3 nitrogen and oxygen atoms in total. The topological polar surface area (TPSA) is 43.4 Å². The van der Waals surface area contributed by atoms with Gasteiger partial charge in [0.2, 0.25) is 0 Å². The summed E-state index contributed by atoms with van der Waals surface area (Å²) in [7, 11) is 1.64. The minimum atomic E-state index is -0.127. The molecule has 1 fully saturated rings. The van der Waals surface area contributed by atoms with Crippen LogP contribution in [0.25, 0.3) is 10.8 Å². The van der Waals surface area contributed by atoms with E-state index in [-0.39, 0.29) is 17.5 Å². The molecule has 0 heterocycles. The lowest BCUT2D eigenvalue weighted by atomic mass is 9.94. The van der Waals surface area contributed by atoms with E-state index in [1.54, 1.807) is 7.11 Å². The smallest absolute Gasteiger partial charge is 0.166 e. The number of benzene rings is 2. The standard InChI is InChI=1S/C17H16O3/c1-20-16-7-5-11-8-13(3-2-12(11)10-16)17(19)14-4-6-15(18)9-14/h2-3,5,7-8,10,14H,4,6,9H2,1H3. The molecule has 3 rings (SSSR count). The molecule has 0 amide bonds. The van der Waals surface area contributed by atoms with Gasteiger partial charge in [0.25, 0.3) is 0 Å². The zero-order valence-electron chi connectivity index (χ0n) is 11.4. The molecule has 1 saturated carbocycles. The number of ketones is 2. The van der Waals surface area contributed by atoms with Crippen molar-refractivity contribution in [3.8, 4) is 5.75 Å². The molecule has 0 aliphatic heterocycles. The van der Waals surface area contributed by atoms with Crippen LogP contribution in [-0.4, -0.2) is 18.7 Å². The zero-order chi connectivity index (χ0) is 14.1. The fourth-order valence-electron chi connectivity index (χ4n) is 2.78. The van der Waals surface area contributed by atoms with Crippen LogP contribution in [0, 0.1) is 5.92 Å². The predicted molar refractivity (Wildman–Crippen MR) is 77.2 cm³/mol. The Hall–Kier alpha value is -2.16. The van der Waals surface area contributed by atoms with Gasteiger partial charge in [0.1, 0.15) is 11.5 Å². The van der Waals surface area contributed by atoms with Gasteiger partial charge in [0, 0.05) is 24.3 Å². The molecule has 1 atom stereocenters. The molecule has 0 bridgehead atoms. The summed E-state index contributed by atoms with van der Waals surface area (Å²) in [4.78, 5) is 23.7. The van der Waals surface area contributed by atoms with E-state index >= 15 is 0 Å². The molecule has 0 spiro atoms. The van der Waals surface area contributed by atoms with Gasteiger partial charge in [-0.15, -0.1) is 0 Å². The third-order valence-corrected chi connectivity index (χ3v) is 3.95. The molecular formula is C17H16O3. The van der Waals surface area contributed by atoms with Crippen molar-refractivity contribution in [3.05, 3.63) is 42.0 Å². The van der Waals surface area contributed by atoms with Crippen molar-refractivity contribution in [2.45, 2.75) is 19.3 Å². The summed E-state index contributed by atoms with van der Waals surface area (Å²) in [5.74, 6) is 0.971. The average molecular weight is 268 g/mol. The number of fused-ring (bicyclic) bond motifs is 1. The normalized spacial score (nSPS) is 18.4. The van der Waals surface area contributed by atoms with Gasteiger partial charge in [-0.1, -0.05) is 18.2 Å². The average Bonchev–Trinajstić information content (AvgIpc) is 2.92. The Morgan fingerprint density at radius 1 is 1.15 bits per heavy atom. The van der Waals surface area contributed by atoms with Crippen molar-refractivity contribution < 1.29 is 14.3 Å². The van der Waals surface area contributed by atoms with Crippen LogP contribution in [0.3, 0.4) is 0 Å². The lowest BCUT2D eigenvalue weighted by Crippen LogP contribution is -2.11. The number of methoxy groups -OCH3 is 1. The van der Waals surface area contributed by atoms with Gasteiger partial charge in [-0.05, 0) is 35.4 Å². The molecule has 0 N–H and O–H groups in total. The van der Waals surface area contributed by atoms with Crippen LogP contribution in [-0.2, 0) is 4.79 Å². The number of hydrogen-bond acceptors (Lipinski definition) is 3. The summed E-state index contributed by atoms with van der Waals surface area (Å²) >= 11 is 0. The summed E-state index contributed by atoms with van der Waals surface area (Å²) < 4.78 is 5.19. The molecule has 0 radical (unpaired) electrons. The quantitative estimate of drug-likeness (QED) is 0.801. The first-order chi connectivity index (χ1) is 9.67. The van der Waals surface area contributed by atoms with Gasteiger partial charge in [-0.25, -0.2) is 0 Å². The van der Waals surface area contributed by atoms with E-state index in [0.29, 0.717) is 24.8 Å². The number of ether oxygens (including phenoxy) is 1. The molecule has 102 valence electrons. The summed E-state index contributed by atoms with van der Waals surface area (Å²) in [6, 6.07) is 11.5. The van der Waals surface area contributed by atoms with E-state index in [1.165, 1.54) is 0 Å². The Balaban J connectivity index is 1.92. The first-order valence-electron chi connectivity index (χ1n) is 6.81. The molecular weight excluding hydrogens is 252 g/mol. The highest BCUT2D eigenvalue weighted by Gasteiger charge is 2.28. The highest BCUT2D eigenvalue weighted by Crippen LogP contribution is 2.28. The van der Waals surface area contributed by atoms with Gasteiger partial charge in [0.15, 0.2) is 5.78 Å². The molecule has 20 heavy (non-hydrogen) atoms. The lowest BCUT2D eigenvalue weighted by Gasteiger charge is -2.09. The monoisotopic (exact) mass is 268 g/mol. The summed E-state index contributed by atoms with van der Waals surface area (Å²) in [6.07, 6.45) is 1.64. The molecule has 1 unspecified atom stereocenters. The largest absolute Gasteiger partial charge is 0.497 e. The van der Waals surface area contributed by atoms with Crippen molar-refractivity contribution in [1.29, 1.82) is 0 Å². The van der Waals surface area contributed by atoms with Crippen molar-refractivity contribution >= 4 is 22.3 Å². The van der Waals surface area contributed by atoms with Crippen LogP contribution < -0.4 is 4.74 Å². The van der Waals surface area contributed by atoms with Gasteiger partial charge in [0.05, 0.1) is 7.11 Å². The summed E-state index contributed by atoms with van der Waals surface area (Å²) in [6.45, 7) is 0. The van der Waals surface area contributed by atoms with E-state index in [4.69, 9.17) is 4.74 Å². The molecule has 0 aromatic heterocycles. The molecule has 3 heteroatoms. The van der Waals surface area contributed by atoms with Gasteiger partial charge in [-0.3, -0.25) is 9.59 Å². The van der Waals surface area contributed by atoms with E-state index in [2.05, 4.69) is 0 Å². The number of hydrogen-bond donors (Lipinski definition) is 0. The van der Waals surface area contributed by atoms with Crippen molar-refractivity contribution in [3.63, 3.8) is 0 Å². The van der Waals surface area contributed by atoms with Crippen LogP contribution in [0.5, 0.6) is 5.75 Å². The minimum Gasteiger partial charge on any atom is -0.497 e. The van der Waals surface area contributed by atoms with Crippen molar-refractivity contribution in [2.75, 3.05) is 7.11 Å². The van der Waals surface area contributed by atoms with E-state index < -0.39 is 0 Å². The predicted octanol–water partition coefficient (Wildman–Crippen LogP) is 3.40. The lowest BCUT2D eigenvalue weighted by molar-refractivity contribution is -0.117. The van der Waals surface area contributed by atoms with E-state index in [0.717, 1.165) is 16.5 Å². The third kappa shape index (κ3) is 2.31. The van der Waals surface area contributed by atoms with Gasteiger partial charge in [-0.2, -0.15) is 0 Å². The van der Waals surface area contributed by atoms with Crippen molar-refractivity contribution in [1.82, 2.24) is 0 Å². The first kappa shape index (κ1) is 12.9. The molecule has 2 aromatic rings. The third-order valence-electron chi connectivity index (χ3n) is 3.95. The second-order valence-corrected chi connectivity index (χ2v) is 5.27. The van der Waals surface area contributed by atoms with E-state index in [9.17, 15) is 9.59 Å². The maximum Gasteiger partial charge on any atom is 0.166 e. The number of carbonyl (C=O) groups is 2.